The van der Waals surface area contributed by atoms with E-state index in [1.54, 1.807) is 0 Å². The summed E-state index contributed by atoms with van der Waals surface area (Å²) in [5, 5.41) is 9.59. The SMILES string of the molecule is CC/C=C\C/C=C\C/C=C\C/C=C\C/C=C\C/C=C\CCCCCCC(=O)OC(CO)COCCCCCCCC/C=C\C/C=C\C/C=C\CC. The molecule has 0 rings (SSSR count). The van der Waals surface area contributed by atoms with Gasteiger partial charge in [-0.25, -0.2) is 0 Å². The van der Waals surface area contributed by atoms with Gasteiger partial charge in [-0.2, -0.15) is 0 Å². The van der Waals surface area contributed by atoms with Gasteiger partial charge in [0, 0.05) is 13.0 Å². The molecule has 0 bridgehead atoms. The zero-order valence-corrected chi connectivity index (χ0v) is 32.8. The summed E-state index contributed by atoms with van der Waals surface area (Å²) in [7, 11) is 0. The van der Waals surface area contributed by atoms with Gasteiger partial charge in [-0.1, -0.05) is 162 Å². The van der Waals surface area contributed by atoms with Gasteiger partial charge in [-0.15, -0.1) is 0 Å². The van der Waals surface area contributed by atoms with Crippen LogP contribution in [0, 0.1) is 0 Å². The molecule has 0 aromatic rings. The summed E-state index contributed by atoms with van der Waals surface area (Å²) in [4.78, 5) is 12.2. The largest absolute Gasteiger partial charge is 0.457 e. The van der Waals surface area contributed by atoms with Crippen molar-refractivity contribution in [1.29, 1.82) is 0 Å². The number of aliphatic hydroxyl groups excluding tert-OH is 1. The van der Waals surface area contributed by atoms with Crippen LogP contribution in [0.15, 0.2) is 109 Å². The molecule has 0 aliphatic heterocycles. The molecule has 4 heteroatoms. The predicted molar refractivity (Wildman–Crippen MR) is 223 cm³/mol. The van der Waals surface area contributed by atoms with Gasteiger partial charge in [0.25, 0.3) is 0 Å². The lowest BCUT2D eigenvalue weighted by Gasteiger charge is -2.15. The van der Waals surface area contributed by atoms with Crippen LogP contribution in [0.5, 0.6) is 0 Å². The van der Waals surface area contributed by atoms with Gasteiger partial charge in [-0.05, 0) is 96.3 Å². The Labute approximate surface area is 315 Å². The van der Waals surface area contributed by atoms with Crippen LogP contribution >= 0.6 is 0 Å². The maximum Gasteiger partial charge on any atom is 0.306 e. The monoisotopic (exact) mass is 705 g/mol. The van der Waals surface area contributed by atoms with Crippen LogP contribution in [0.25, 0.3) is 0 Å². The smallest absolute Gasteiger partial charge is 0.306 e. The first-order valence-electron chi connectivity index (χ1n) is 20.5. The van der Waals surface area contributed by atoms with E-state index in [0.29, 0.717) is 13.0 Å². The van der Waals surface area contributed by atoms with Crippen molar-refractivity contribution in [2.75, 3.05) is 19.8 Å². The fourth-order valence-corrected chi connectivity index (χ4v) is 5.11. The number of allylic oxidation sites excluding steroid dienone is 18. The number of unbranched alkanes of at least 4 members (excludes halogenated alkanes) is 10. The Kier molecular flexibility index (Phi) is 40.7. The Bertz CT molecular complexity index is 1010. The summed E-state index contributed by atoms with van der Waals surface area (Å²) >= 11 is 0. The molecule has 1 unspecified atom stereocenters. The highest BCUT2D eigenvalue weighted by molar-refractivity contribution is 5.69. The summed E-state index contributed by atoms with van der Waals surface area (Å²) in [5.41, 5.74) is 0. The van der Waals surface area contributed by atoms with Crippen LogP contribution in [0.1, 0.15) is 155 Å². The molecule has 0 aromatic carbocycles. The molecule has 0 aliphatic rings. The Morgan fingerprint density at radius 2 is 0.824 bits per heavy atom. The molecule has 0 aliphatic carbocycles. The second-order valence-corrected chi connectivity index (χ2v) is 12.9. The molecule has 0 heterocycles. The summed E-state index contributed by atoms with van der Waals surface area (Å²) in [6.45, 7) is 5.04. The molecule has 0 aromatic heterocycles. The lowest BCUT2D eigenvalue weighted by molar-refractivity contribution is -0.154. The Balaban J connectivity index is 3.59. The predicted octanol–water partition coefficient (Wildman–Crippen LogP) is 13.5. The van der Waals surface area contributed by atoms with Crippen molar-refractivity contribution in [3.05, 3.63) is 109 Å². The number of rotatable bonds is 36. The minimum absolute atomic E-state index is 0.196. The highest BCUT2D eigenvalue weighted by Crippen LogP contribution is 2.10. The van der Waals surface area contributed by atoms with Gasteiger partial charge in [0.1, 0.15) is 6.10 Å². The molecule has 0 radical (unpaired) electrons. The number of hydrogen-bond donors (Lipinski definition) is 1. The second kappa shape index (κ2) is 43.2. The molecule has 288 valence electrons. The molecular formula is C47H76O4. The lowest BCUT2D eigenvalue weighted by Crippen LogP contribution is -2.27. The zero-order valence-electron chi connectivity index (χ0n) is 32.8. The minimum Gasteiger partial charge on any atom is -0.457 e. The molecule has 0 amide bonds. The topological polar surface area (TPSA) is 55.8 Å². The highest BCUT2D eigenvalue weighted by atomic mass is 16.6. The quantitative estimate of drug-likeness (QED) is 0.0401. The number of ether oxygens (including phenoxy) is 2. The summed E-state index contributed by atoms with van der Waals surface area (Å²) < 4.78 is 11.1. The van der Waals surface area contributed by atoms with E-state index in [1.807, 2.05) is 0 Å². The maximum atomic E-state index is 12.2. The van der Waals surface area contributed by atoms with Gasteiger partial charge in [-0.3, -0.25) is 4.79 Å². The molecule has 0 spiro atoms. The normalized spacial score (nSPS) is 13.5. The molecule has 0 saturated carbocycles. The van der Waals surface area contributed by atoms with Gasteiger partial charge >= 0.3 is 5.97 Å². The van der Waals surface area contributed by atoms with Crippen molar-refractivity contribution < 1.29 is 19.4 Å². The fourth-order valence-electron chi connectivity index (χ4n) is 5.11. The maximum absolute atomic E-state index is 12.2. The van der Waals surface area contributed by atoms with E-state index in [9.17, 15) is 9.90 Å². The molecule has 1 atom stereocenters. The van der Waals surface area contributed by atoms with Gasteiger partial charge < -0.3 is 14.6 Å². The molecule has 0 saturated heterocycles. The fraction of sp³-hybridized carbons (Fsp3) is 0.596. The summed E-state index contributed by atoms with van der Waals surface area (Å²) in [6.07, 6.45) is 62.8. The van der Waals surface area contributed by atoms with E-state index < -0.39 is 6.10 Å². The number of carbonyl (C=O) groups excluding carboxylic acids is 1. The second-order valence-electron chi connectivity index (χ2n) is 12.9. The van der Waals surface area contributed by atoms with Gasteiger partial charge in [0.15, 0.2) is 0 Å². The van der Waals surface area contributed by atoms with Crippen molar-refractivity contribution in [2.24, 2.45) is 0 Å². The Hall–Kier alpha value is -2.95. The lowest BCUT2D eigenvalue weighted by atomic mass is 10.1. The molecule has 1 N–H and O–H groups in total. The summed E-state index contributed by atoms with van der Waals surface area (Å²) in [6, 6.07) is 0. The van der Waals surface area contributed by atoms with Gasteiger partial charge in [0.2, 0.25) is 0 Å². The third kappa shape index (κ3) is 41.4. The molecule has 4 nitrogen and oxygen atoms in total. The van der Waals surface area contributed by atoms with Crippen LogP contribution in [0.2, 0.25) is 0 Å². The number of aliphatic hydroxyl groups is 1. The first-order valence-corrected chi connectivity index (χ1v) is 20.5. The van der Waals surface area contributed by atoms with Crippen LogP contribution in [-0.2, 0) is 14.3 Å². The first-order chi connectivity index (χ1) is 25.2. The average Bonchev–Trinajstić information content (AvgIpc) is 3.14. The van der Waals surface area contributed by atoms with E-state index in [-0.39, 0.29) is 19.2 Å². The van der Waals surface area contributed by atoms with Crippen LogP contribution in [0.4, 0.5) is 0 Å². The van der Waals surface area contributed by atoms with E-state index in [4.69, 9.17) is 9.47 Å². The van der Waals surface area contributed by atoms with E-state index >= 15 is 0 Å². The third-order valence-corrected chi connectivity index (χ3v) is 8.09. The van der Waals surface area contributed by atoms with Gasteiger partial charge in [0.05, 0.1) is 13.2 Å². The number of carbonyl (C=O) groups is 1. The third-order valence-electron chi connectivity index (χ3n) is 8.09. The Morgan fingerprint density at radius 3 is 1.24 bits per heavy atom. The van der Waals surface area contributed by atoms with E-state index in [2.05, 4.69) is 123 Å². The molecule has 51 heavy (non-hydrogen) atoms. The number of esters is 1. The van der Waals surface area contributed by atoms with E-state index in [0.717, 1.165) is 103 Å². The van der Waals surface area contributed by atoms with Crippen LogP contribution in [-0.4, -0.2) is 37.0 Å². The van der Waals surface area contributed by atoms with Crippen molar-refractivity contribution >= 4 is 5.97 Å². The van der Waals surface area contributed by atoms with Crippen LogP contribution < -0.4 is 0 Å². The number of hydrogen-bond acceptors (Lipinski definition) is 4. The van der Waals surface area contributed by atoms with Crippen molar-refractivity contribution in [3.8, 4) is 0 Å². The van der Waals surface area contributed by atoms with E-state index in [1.165, 1.54) is 32.1 Å². The van der Waals surface area contributed by atoms with Crippen LogP contribution in [0.3, 0.4) is 0 Å². The molecule has 0 fully saturated rings. The van der Waals surface area contributed by atoms with Crippen molar-refractivity contribution in [2.45, 2.75) is 161 Å². The first kappa shape index (κ1) is 48.1. The van der Waals surface area contributed by atoms with Crippen molar-refractivity contribution in [3.63, 3.8) is 0 Å². The standard InChI is InChI=1S/C47H76O4/c1-3-5-7-9-11-13-15-17-19-21-22-23-24-25-26-27-28-30-32-34-36-38-40-42-47(49)51-46(44-48)45-50-43-41-39-37-35-33-31-29-20-18-16-14-12-10-8-6-4-2/h5-8,11-14,17-20,22-23,25-26,28,30,46,48H,3-4,9-10,15-16,21,24,27,29,31-45H2,1-2H3/b7-5-,8-6-,13-11-,14-12-,19-17-,20-18-,23-22-,26-25-,30-28-. The average molecular weight is 705 g/mol. The minimum atomic E-state index is -0.563. The molecular weight excluding hydrogens is 629 g/mol. The zero-order chi connectivity index (χ0) is 37.0. The summed E-state index contributed by atoms with van der Waals surface area (Å²) in [5.74, 6) is -0.235. The Morgan fingerprint density at radius 1 is 0.471 bits per heavy atom. The highest BCUT2D eigenvalue weighted by Gasteiger charge is 2.13. The van der Waals surface area contributed by atoms with Crippen molar-refractivity contribution in [1.82, 2.24) is 0 Å².